The zero-order valence-corrected chi connectivity index (χ0v) is 7.47. The van der Waals surface area contributed by atoms with Crippen LogP contribution >= 0.6 is 0 Å². The largest absolute Gasteiger partial charge is 0.419 e. The maximum Gasteiger partial charge on any atom is 0.247 e. The highest BCUT2D eigenvalue weighted by Gasteiger charge is 2.06. The van der Waals surface area contributed by atoms with Crippen LogP contribution in [-0.4, -0.2) is 10.2 Å². The van der Waals surface area contributed by atoms with E-state index in [-0.39, 0.29) is 6.54 Å². The van der Waals surface area contributed by atoms with Gasteiger partial charge >= 0.3 is 0 Å². The molecule has 1 heterocycles. The van der Waals surface area contributed by atoms with Gasteiger partial charge in [0, 0.05) is 11.3 Å². The zero-order chi connectivity index (χ0) is 9.97. The van der Waals surface area contributed by atoms with Crippen molar-refractivity contribution in [2.24, 2.45) is 5.73 Å². The molecule has 0 saturated carbocycles. The molecule has 2 rings (SSSR count). The summed E-state index contributed by atoms with van der Waals surface area (Å²) in [6.45, 7) is 0.252. The summed E-state index contributed by atoms with van der Waals surface area (Å²) in [5.74, 6) is 0.891. The van der Waals surface area contributed by atoms with Gasteiger partial charge in [0.1, 0.15) is 0 Å². The van der Waals surface area contributed by atoms with Gasteiger partial charge in [-0.05, 0) is 24.3 Å². The Morgan fingerprint density at radius 1 is 1.14 bits per heavy atom. The molecule has 0 aliphatic carbocycles. The second kappa shape index (κ2) is 3.47. The second-order valence-corrected chi connectivity index (χ2v) is 2.83. The molecule has 0 saturated heterocycles. The second-order valence-electron chi connectivity index (χ2n) is 2.83. The maximum atomic E-state index is 5.55. The Labute approximate surface area is 80.7 Å². The molecule has 72 valence electrons. The summed E-state index contributed by atoms with van der Waals surface area (Å²) in [7, 11) is 0. The first-order valence-corrected chi connectivity index (χ1v) is 4.18. The van der Waals surface area contributed by atoms with E-state index in [9.17, 15) is 0 Å². The van der Waals surface area contributed by atoms with Crippen LogP contribution in [0.25, 0.3) is 11.5 Å². The van der Waals surface area contributed by atoms with Crippen molar-refractivity contribution in [1.82, 2.24) is 10.2 Å². The van der Waals surface area contributed by atoms with Gasteiger partial charge in [-0.1, -0.05) is 0 Å². The van der Waals surface area contributed by atoms with Gasteiger partial charge in [-0.25, -0.2) is 0 Å². The number of nitrogen functional groups attached to an aromatic ring is 1. The van der Waals surface area contributed by atoms with Crippen molar-refractivity contribution in [2.75, 3.05) is 5.73 Å². The molecule has 0 fully saturated rings. The molecule has 1 aromatic heterocycles. The van der Waals surface area contributed by atoms with E-state index >= 15 is 0 Å². The van der Waals surface area contributed by atoms with Crippen LogP contribution < -0.4 is 11.5 Å². The molecule has 0 atom stereocenters. The third-order valence-corrected chi connectivity index (χ3v) is 1.80. The minimum absolute atomic E-state index is 0.252. The number of hydrogen-bond donors (Lipinski definition) is 2. The van der Waals surface area contributed by atoms with Crippen LogP contribution in [0, 0.1) is 0 Å². The summed E-state index contributed by atoms with van der Waals surface area (Å²) in [6.07, 6.45) is 0. The Hall–Kier alpha value is -1.88. The monoisotopic (exact) mass is 190 g/mol. The Balaban J connectivity index is 2.34. The number of benzene rings is 1. The highest BCUT2D eigenvalue weighted by molar-refractivity contribution is 5.56. The van der Waals surface area contributed by atoms with E-state index in [0.717, 1.165) is 5.56 Å². The maximum absolute atomic E-state index is 5.55. The van der Waals surface area contributed by atoms with E-state index in [1.165, 1.54) is 0 Å². The SMILES string of the molecule is NCc1nnc(-c2ccc(N)cc2)o1. The van der Waals surface area contributed by atoms with Crippen LogP contribution in [0.4, 0.5) is 5.69 Å². The molecule has 1 aromatic carbocycles. The quantitative estimate of drug-likeness (QED) is 0.683. The lowest BCUT2D eigenvalue weighted by Crippen LogP contribution is -1.95. The first kappa shape index (κ1) is 8.71. The predicted molar refractivity (Wildman–Crippen MR) is 52.0 cm³/mol. The molecule has 0 amide bonds. The number of nitrogens with two attached hydrogens (primary N) is 2. The van der Waals surface area contributed by atoms with E-state index in [1.807, 2.05) is 12.1 Å². The average Bonchev–Trinajstić information content (AvgIpc) is 2.67. The van der Waals surface area contributed by atoms with Gasteiger partial charge in [0.15, 0.2) is 0 Å². The van der Waals surface area contributed by atoms with Crippen LogP contribution in [0.2, 0.25) is 0 Å². The molecule has 5 nitrogen and oxygen atoms in total. The fraction of sp³-hybridized carbons (Fsp3) is 0.111. The summed E-state index contributed by atoms with van der Waals surface area (Å²) >= 11 is 0. The van der Waals surface area contributed by atoms with Gasteiger partial charge in [0.05, 0.1) is 6.54 Å². The summed E-state index contributed by atoms with van der Waals surface area (Å²) in [5, 5.41) is 7.61. The standard InChI is InChI=1S/C9H10N4O/c10-5-8-12-13-9(14-8)6-1-3-7(11)4-2-6/h1-4H,5,10-11H2. The van der Waals surface area contributed by atoms with Gasteiger partial charge in [0.25, 0.3) is 0 Å². The molecule has 0 bridgehead atoms. The topological polar surface area (TPSA) is 91.0 Å². The molecule has 5 heteroatoms. The van der Waals surface area contributed by atoms with Crippen LogP contribution in [0.5, 0.6) is 0 Å². The smallest absolute Gasteiger partial charge is 0.247 e. The van der Waals surface area contributed by atoms with Crippen molar-refractivity contribution >= 4 is 5.69 Å². The van der Waals surface area contributed by atoms with Gasteiger partial charge in [-0.15, -0.1) is 10.2 Å². The van der Waals surface area contributed by atoms with Crippen molar-refractivity contribution in [2.45, 2.75) is 6.54 Å². The predicted octanol–water partition coefficient (Wildman–Crippen LogP) is 0.778. The highest BCUT2D eigenvalue weighted by Crippen LogP contribution is 2.18. The lowest BCUT2D eigenvalue weighted by atomic mass is 10.2. The number of hydrogen-bond acceptors (Lipinski definition) is 5. The number of anilines is 1. The molecule has 14 heavy (non-hydrogen) atoms. The molecular weight excluding hydrogens is 180 g/mol. The van der Waals surface area contributed by atoms with E-state index in [4.69, 9.17) is 15.9 Å². The number of nitrogens with zero attached hydrogens (tertiary/aromatic N) is 2. The van der Waals surface area contributed by atoms with Gasteiger partial charge < -0.3 is 15.9 Å². The molecule has 0 aliphatic rings. The summed E-state index contributed by atoms with van der Waals surface area (Å²) in [4.78, 5) is 0. The average molecular weight is 190 g/mol. The van der Waals surface area contributed by atoms with Crippen molar-refractivity contribution in [3.8, 4) is 11.5 Å². The van der Waals surface area contributed by atoms with E-state index < -0.39 is 0 Å². The van der Waals surface area contributed by atoms with Crippen molar-refractivity contribution < 1.29 is 4.42 Å². The third-order valence-electron chi connectivity index (χ3n) is 1.80. The number of aromatic nitrogens is 2. The highest BCUT2D eigenvalue weighted by atomic mass is 16.4. The molecule has 0 spiro atoms. The van der Waals surface area contributed by atoms with E-state index in [2.05, 4.69) is 10.2 Å². The Morgan fingerprint density at radius 2 is 1.86 bits per heavy atom. The summed E-state index contributed by atoms with van der Waals surface area (Å²) in [5.41, 5.74) is 12.4. The van der Waals surface area contributed by atoms with Gasteiger partial charge in [-0.2, -0.15) is 0 Å². The first-order chi connectivity index (χ1) is 6.79. The normalized spacial score (nSPS) is 10.4. The third kappa shape index (κ3) is 1.57. The van der Waals surface area contributed by atoms with Crippen LogP contribution in [-0.2, 0) is 6.54 Å². The first-order valence-electron chi connectivity index (χ1n) is 4.18. The van der Waals surface area contributed by atoms with Crippen LogP contribution in [0.3, 0.4) is 0 Å². The molecule has 4 N–H and O–H groups in total. The van der Waals surface area contributed by atoms with Crippen molar-refractivity contribution in [1.29, 1.82) is 0 Å². The molecule has 0 radical (unpaired) electrons. The Morgan fingerprint density at radius 3 is 2.43 bits per heavy atom. The van der Waals surface area contributed by atoms with E-state index in [1.54, 1.807) is 12.1 Å². The van der Waals surface area contributed by atoms with Crippen LogP contribution in [0.15, 0.2) is 28.7 Å². The van der Waals surface area contributed by atoms with Crippen LogP contribution in [0.1, 0.15) is 5.89 Å². The molecule has 2 aromatic rings. The van der Waals surface area contributed by atoms with E-state index in [0.29, 0.717) is 17.5 Å². The minimum atomic E-state index is 0.252. The zero-order valence-electron chi connectivity index (χ0n) is 7.47. The Kier molecular flexibility index (Phi) is 2.16. The minimum Gasteiger partial charge on any atom is -0.419 e. The molecule has 0 aliphatic heterocycles. The molecular formula is C9H10N4O. The fourth-order valence-electron chi connectivity index (χ4n) is 1.08. The van der Waals surface area contributed by atoms with Gasteiger partial charge in [0.2, 0.25) is 11.8 Å². The van der Waals surface area contributed by atoms with Crippen molar-refractivity contribution in [3.63, 3.8) is 0 Å². The lowest BCUT2D eigenvalue weighted by Gasteiger charge is -1.94. The molecule has 0 unspecified atom stereocenters. The van der Waals surface area contributed by atoms with Crippen molar-refractivity contribution in [3.05, 3.63) is 30.2 Å². The Bertz CT molecular complexity index is 421. The fourth-order valence-corrected chi connectivity index (χ4v) is 1.08. The van der Waals surface area contributed by atoms with Gasteiger partial charge in [-0.3, -0.25) is 0 Å². The summed E-state index contributed by atoms with van der Waals surface area (Å²) < 4.78 is 5.27. The number of rotatable bonds is 2. The summed E-state index contributed by atoms with van der Waals surface area (Å²) in [6, 6.07) is 7.20. The lowest BCUT2D eigenvalue weighted by molar-refractivity contribution is 0.508.